The minimum absolute atomic E-state index is 0.0332. The fourth-order valence-corrected chi connectivity index (χ4v) is 1.89. The van der Waals surface area contributed by atoms with Crippen LogP contribution in [-0.4, -0.2) is 41.5 Å². The van der Waals surface area contributed by atoms with Gasteiger partial charge in [0.2, 0.25) is 0 Å². The average Bonchev–Trinajstić information content (AvgIpc) is 2.65. The molecule has 0 aromatic heterocycles. The highest BCUT2D eigenvalue weighted by atomic mass is 19.1. The molecule has 1 aliphatic heterocycles. The highest BCUT2D eigenvalue weighted by Crippen LogP contribution is 2.10. The number of hydrogen-bond acceptors (Lipinski definition) is 3. The van der Waals surface area contributed by atoms with Gasteiger partial charge in [-0.05, 0) is 30.7 Å². The number of likely N-dealkylation sites (tertiary alicyclic amines) is 1. The van der Waals surface area contributed by atoms with Crippen molar-refractivity contribution in [3.05, 3.63) is 35.6 Å². The molecule has 3 nitrogen and oxygen atoms in total. The predicted octanol–water partition coefficient (Wildman–Crippen LogP) is 1.07. The summed E-state index contributed by atoms with van der Waals surface area (Å²) in [6.45, 7) is 1.59. The van der Waals surface area contributed by atoms with Crippen LogP contribution in [0.3, 0.4) is 0 Å². The molecule has 0 spiro atoms. The summed E-state index contributed by atoms with van der Waals surface area (Å²) < 4.78 is 12.7. The summed E-state index contributed by atoms with van der Waals surface area (Å²) in [5.41, 5.74) is 0.516. The van der Waals surface area contributed by atoms with E-state index >= 15 is 0 Å². The van der Waals surface area contributed by atoms with Crippen molar-refractivity contribution in [2.45, 2.75) is 12.5 Å². The Balaban J connectivity index is 1.95. The Morgan fingerprint density at radius 2 is 2.12 bits per heavy atom. The molecule has 0 amide bonds. The summed E-state index contributed by atoms with van der Waals surface area (Å²) in [6, 6.07) is 5.55. The standard InChI is InChI=1S/C12H14FNO2/c13-10-3-1-9(2-4-10)12(16)8-14-6-5-11(15)7-14/h1-4,11,15H,5-8H2/t11-/m0/s1. The minimum Gasteiger partial charge on any atom is -0.392 e. The zero-order chi connectivity index (χ0) is 11.5. The lowest BCUT2D eigenvalue weighted by Gasteiger charge is -2.13. The molecule has 1 fully saturated rings. The molecule has 0 bridgehead atoms. The number of ketones is 1. The van der Waals surface area contributed by atoms with Crippen molar-refractivity contribution in [3.8, 4) is 0 Å². The van der Waals surface area contributed by atoms with Crippen LogP contribution in [0.25, 0.3) is 0 Å². The Hall–Kier alpha value is -1.26. The molecule has 1 N–H and O–H groups in total. The molecule has 1 heterocycles. The predicted molar refractivity (Wildman–Crippen MR) is 57.8 cm³/mol. The van der Waals surface area contributed by atoms with Gasteiger partial charge < -0.3 is 5.11 Å². The number of nitrogens with zero attached hydrogens (tertiary/aromatic N) is 1. The number of carbonyl (C=O) groups is 1. The molecule has 0 unspecified atom stereocenters. The Labute approximate surface area is 93.5 Å². The third-order valence-electron chi connectivity index (χ3n) is 2.78. The molecule has 1 aromatic carbocycles. The fourth-order valence-electron chi connectivity index (χ4n) is 1.89. The Kier molecular flexibility index (Phi) is 3.31. The van der Waals surface area contributed by atoms with Gasteiger partial charge in [-0.1, -0.05) is 0 Å². The van der Waals surface area contributed by atoms with Crippen LogP contribution in [0, 0.1) is 5.82 Å². The van der Waals surface area contributed by atoms with Crippen molar-refractivity contribution in [2.75, 3.05) is 19.6 Å². The van der Waals surface area contributed by atoms with Crippen LogP contribution in [-0.2, 0) is 0 Å². The van der Waals surface area contributed by atoms with E-state index in [1.807, 2.05) is 4.90 Å². The van der Waals surface area contributed by atoms with E-state index in [-0.39, 0.29) is 17.7 Å². The summed E-state index contributed by atoms with van der Waals surface area (Å²) >= 11 is 0. The van der Waals surface area contributed by atoms with E-state index < -0.39 is 0 Å². The zero-order valence-electron chi connectivity index (χ0n) is 8.90. The lowest BCUT2D eigenvalue weighted by atomic mass is 10.1. The van der Waals surface area contributed by atoms with E-state index in [2.05, 4.69) is 0 Å². The molecule has 4 heteroatoms. The van der Waals surface area contributed by atoms with Crippen LogP contribution in [0.2, 0.25) is 0 Å². The van der Waals surface area contributed by atoms with Crippen LogP contribution in [0.4, 0.5) is 4.39 Å². The molecule has 0 radical (unpaired) electrons. The van der Waals surface area contributed by atoms with Crippen LogP contribution in [0.5, 0.6) is 0 Å². The Bertz CT molecular complexity index is 377. The van der Waals surface area contributed by atoms with Crippen molar-refractivity contribution < 1.29 is 14.3 Å². The molecular formula is C12H14FNO2. The molecule has 16 heavy (non-hydrogen) atoms. The minimum atomic E-state index is -0.340. The molecule has 1 atom stereocenters. The Morgan fingerprint density at radius 1 is 1.44 bits per heavy atom. The highest BCUT2D eigenvalue weighted by Gasteiger charge is 2.22. The van der Waals surface area contributed by atoms with E-state index in [4.69, 9.17) is 0 Å². The number of aliphatic hydroxyl groups excluding tert-OH is 1. The summed E-state index contributed by atoms with van der Waals surface area (Å²) in [5, 5.41) is 9.32. The second-order valence-electron chi connectivity index (χ2n) is 4.11. The van der Waals surface area contributed by atoms with E-state index in [9.17, 15) is 14.3 Å². The smallest absolute Gasteiger partial charge is 0.176 e. The molecule has 86 valence electrons. The summed E-state index contributed by atoms with van der Waals surface area (Å²) in [4.78, 5) is 13.7. The lowest BCUT2D eigenvalue weighted by Crippen LogP contribution is -2.28. The molecule has 2 rings (SSSR count). The number of aliphatic hydroxyl groups is 1. The third-order valence-corrected chi connectivity index (χ3v) is 2.78. The van der Waals surface area contributed by atoms with E-state index in [1.165, 1.54) is 24.3 Å². The van der Waals surface area contributed by atoms with Crippen molar-refractivity contribution in [3.63, 3.8) is 0 Å². The van der Waals surface area contributed by atoms with Gasteiger partial charge in [-0.3, -0.25) is 9.69 Å². The number of hydrogen-bond donors (Lipinski definition) is 1. The van der Waals surface area contributed by atoms with E-state index in [0.717, 1.165) is 13.0 Å². The SMILES string of the molecule is O=C(CN1CC[C@H](O)C1)c1ccc(F)cc1. The summed E-state index contributed by atoms with van der Waals surface area (Å²) in [5.74, 6) is -0.373. The van der Waals surface area contributed by atoms with Crippen LogP contribution >= 0.6 is 0 Å². The molecule has 1 aliphatic rings. The van der Waals surface area contributed by atoms with Crippen LogP contribution < -0.4 is 0 Å². The van der Waals surface area contributed by atoms with Gasteiger partial charge in [0.05, 0.1) is 12.6 Å². The van der Waals surface area contributed by atoms with Gasteiger partial charge in [-0.2, -0.15) is 0 Å². The first-order chi connectivity index (χ1) is 7.65. The maximum absolute atomic E-state index is 12.7. The molecule has 0 saturated carbocycles. The van der Waals surface area contributed by atoms with Gasteiger partial charge in [0.15, 0.2) is 5.78 Å². The van der Waals surface area contributed by atoms with E-state index in [1.54, 1.807) is 0 Å². The van der Waals surface area contributed by atoms with Gasteiger partial charge >= 0.3 is 0 Å². The fraction of sp³-hybridized carbons (Fsp3) is 0.417. The summed E-state index contributed by atoms with van der Waals surface area (Å²) in [6.07, 6.45) is 0.400. The molecule has 1 aromatic rings. The normalized spacial score (nSPS) is 21.2. The van der Waals surface area contributed by atoms with Gasteiger partial charge in [0.25, 0.3) is 0 Å². The number of halogens is 1. The van der Waals surface area contributed by atoms with Crippen molar-refractivity contribution in [2.24, 2.45) is 0 Å². The quantitative estimate of drug-likeness (QED) is 0.779. The Morgan fingerprint density at radius 3 is 2.69 bits per heavy atom. The zero-order valence-corrected chi connectivity index (χ0v) is 8.90. The van der Waals surface area contributed by atoms with Crippen molar-refractivity contribution in [1.29, 1.82) is 0 Å². The molecule has 1 saturated heterocycles. The number of rotatable bonds is 3. The number of carbonyl (C=O) groups excluding carboxylic acids is 1. The van der Waals surface area contributed by atoms with Gasteiger partial charge in [-0.25, -0.2) is 4.39 Å². The molecular weight excluding hydrogens is 209 g/mol. The van der Waals surface area contributed by atoms with Gasteiger partial charge in [0, 0.05) is 18.7 Å². The average molecular weight is 223 g/mol. The first-order valence-corrected chi connectivity index (χ1v) is 5.34. The van der Waals surface area contributed by atoms with Crippen LogP contribution in [0.1, 0.15) is 16.8 Å². The van der Waals surface area contributed by atoms with Crippen molar-refractivity contribution >= 4 is 5.78 Å². The largest absolute Gasteiger partial charge is 0.392 e. The third kappa shape index (κ3) is 2.65. The van der Waals surface area contributed by atoms with Crippen molar-refractivity contribution in [1.82, 2.24) is 4.90 Å². The first kappa shape index (κ1) is 11.2. The van der Waals surface area contributed by atoms with E-state index in [0.29, 0.717) is 18.7 Å². The van der Waals surface area contributed by atoms with Gasteiger partial charge in [0.1, 0.15) is 5.82 Å². The number of Topliss-reactive ketones (excluding diaryl/α,β-unsaturated/α-hetero) is 1. The summed E-state index contributed by atoms with van der Waals surface area (Å²) in [7, 11) is 0. The van der Waals surface area contributed by atoms with Gasteiger partial charge in [-0.15, -0.1) is 0 Å². The molecule has 0 aliphatic carbocycles. The lowest BCUT2D eigenvalue weighted by molar-refractivity contribution is 0.0935. The van der Waals surface area contributed by atoms with Crippen LogP contribution in [0.15, 0.2) is 24.3 Å². The first-order valence-electron chi connectivity index (χ1n) is 5.34. The highest BCUT2D eigenvalue weighted by molar-refractivity contribution is 5.97. The number of β-amino-alcohol motifs (C(OH)–C–C–N with tert-alkyl or cyclic N) is 1. The topological polar surface area (TPSA) is 40.5 Å². The second kappa shape index (κ2) is 4.72. The maximum atomic E-state index is 12.7. The maximum Gasteiger partial charge on any atom is 0.176 e. The number of benzene rings is 1. The second-order valence-corrected chi connectivity index (χ2v) is 4.11. The monoisotopic (exact) mass is 223 g/mol.